The molecule has 1 amide bonds. The van der Waals surface area contributed by atoms with Gasteiger partial charge in [-0.05, 0) is 31.8 Å². The Morgan fingerprint density at radius 1 is 1.14 bits per heavy atom. The molecule has 0 unspecified atom stereocenters. The van der Waals surface area contributed by atoms with Crippen LogP contribution in [0, 0.1) is 0 Å². The number of halogens is 6. The van der Waals surface area contributed by atoms with E-state index in [1.165, 1.54) is 6.08 Å². The van der Waals surface area contributed by atoms with Gasteiger partial charge in [-0.25, -0.2) is 0 Å². The summed E-state index contributed by atoms with van der Waals surface area (Å²) in [6, 6.07) is 0. The molecule has 11 heteroatoms. The lowest BCUT2D eigenvalue weighted by atomic mass is 9.85. The SMILES string of the molecule is C=CC1(OC(=O)CN2C(=O)C(=C)COC2(C(F)(F)F)C(F)(F)F)CCCCC1. The van der Waals surface area contributed by atoms with E-state index in [0.717, 1.165) is 6.42 Å². The van der Waals surface area contributed by atoms with Gasteiger partial charge in [-0.3, -0.25) is 14.5 Å². The van der Waals surface area contributed by atoms with Gasteiger partial charge >= 0.3 is 24.0 Å². The number of carbonyl (C=O) groups is 2. The summed E-state index contributed by atoms with van der Waals surface area (Å²) in [7, 11) is 0. The minimum Gasteiger partial charge on any atom is -0.454 e. The average molecular weight is 415 g/mol. The predicted octanol–water partition coefficient (Wildman–Crippen LogP) is 3.65. The molecule has 0 radical (unpaired) electrons. The average Bonchev–Trinajstić information content (AvgIpc) is 2.57. The zero-order valence-electron chi connectivity index (χ0n) is 14.8. The quantitative estimate of drug-likeness (QED) is 0.305. The van der Waals surface area contributed by atoms with Crippen LogP contribution in [0.2, 0.25) is 0 Å². The second kappa shape index (κ2) is 7.41. The van der Waals surface area contributed by atoms with E-state index in [2.05, 4.69) is 17.9 Å². The fourth-order valence-electron chi connectivity index (χ4n) is 3.36. The van der Waals surface area contributed by atoms with Crippen molar-refractivity contribution in [2.24, 2.45) is 0 Å². The molecule has 0 bridgehead atoms. The van der Waals surface area contributed by atoms with Gasteiger partial charge in [0.05, 0.1) is 6.61 Å². The molecule has 0 spiro atoms. The lowest BCUT2D eigenvalue weighted by molar-refractivity contribution is -0.422. The van der Waals surface area contributed by atoms with Crippen LogP contribution in [0.1, 0.15) is 32.1 Å². The largest absolute Gasteiger partial charge is 0.454 e. The summed E-state index contributed by atoms with van der Waals surface area (Å²) in [6.45, 7) is 3.76. The smallest absolute Gasteiger partial charge is 0.446 e. The van der Waals surface area contributed by atoms with Crippen LogP contribution in [-0.4, -0.2) is 53.6 Å². The highest BCUT2D eigenvalue weighted by atomic mass is 19.4. The zero-order valence-corrected chi connectivity index (χ0v) is 14.8. The van der Waals surface area contributed by atoms with Gasteiger partial charge in [0.2, 0.25) is 0 Å². The third-order valence-corrected chi connectivity index (χ3v) is 4.83. The molecule has 1 saturated heterocycles. The number of carbonyl (C=O) groups excluding carboxylic acids is 2. The molecule has 1 heterocycles. The van der Waals surface area contributed by atoms with Crippen LogP contribution in [0.5, 0.6) is 0 Å². The molecule has 2 fully saturated rings. The number of ether oxygens (including phenoxy) is 2. The monoisotopic (exact) mass is 415 g/mol. The molecular weight excluding hydrogens is 396 g/mol. The molecular formula is C17H19F6NO4. The number of rotatable bonds is 4. The lowest BCUT2D eigenvalue weighted by Gasteiger charge is -2.47. The van der Waals surface area contributed by atoms with E-state index < -0.39 is 59.2 Å². The van der Waals surface area contributed by atoms with Crippen molar-refractivity contribution in [1.82, 2.24) is 4.90 Å². The Bertz CT molecular complexity index is 650. The van der Waals surface area contributed by atoms with Crippen LogP contribution in [0.4, 0.5) is 26.3 Å². The van der Waals surface area contributed by atoms with Crippen LogP contribution >= 0.6 is 0 Å². The van der Waals surface area contributed by atoms with Crippen molar-refractivity contribution in [2.45, 2.75) is 55.8 Å². The number of hydrogen-bond acceptors (Lipinski definition) is 4. The maximum atomic E-state index is 13.5. The van der Waals surface area contributed by atoms with E-state index in [1.807, 2.05) is 0 Å². The Hall–Kier alpha value is -2.04. The summed E-state index contributed by atoms with van der Waals surface area (Å²) in [4.78, 5) is 23.7. The Morgan fingerprint density at radius 2 is 1.68 bits per heavy atom. The van der Waals surface area contributed by atoms with E-state index >= 15 is 0 Å². The van der Waals surface area contributed by atoms with Crippen molar-refractivity contribution >= 4 is 11.9 Å². The van der Waals surface area contributed by atoms with Crippen molar-refractivity contribution in [3.8, 4) is 0 Å². The fourth-order valence-corrected chi connectivity index (χ4v) is 3.36. The van der Waals surface area contributed by atoms with E-state index in [4.69, 9.17) is 4.74 Å². The Morgan fingerprint density at radius 3 is 2.14 bits per heavy atom. The van der Waals surface area contributed by atoms with Gasteiger partial charge in [0.1, 0.15) is 12.1 Å². The Balaban J connectivity index is 2.37. The van der Waals surface area contributed by atoms with Crippen LogP contribution in [0.25, 0.3) is 0 Å². The van der Waals surface area contributed by atoms with Gasteiger partial charge < -0.3 is 9.47 Å². The predicted molar refractivity (Wildman–Crippen MR) is 83.8 cm³/mol. The summed E-state index contributed by atoms with van der Waals surface area (Å²) in [5.74, 6) is -3.11. The van der Waals surface area contributed by atoms with E-state index in [-0.39, 0.29) is 0 Å². The highest BCUT2D eigenvalue weighted by Crippen LogP contribution is 2.50. The lowest BCUT2D eigenvalue weighted by Crippen LogP contribution is -2.73. The van der Waals surface area contributed by atoms with Gasteiger partial charge in [-0.1, -0.05) is 19.6 Å². The van der Waals surface area contributed by atoms with Crippen molar-refractivity contribution in [3.63, 3.8) is 0 Å². The highest BCUT2D eigenvalue weighted by molar-refractivity contribution is 5.96. The Labute approximate surface area is 156 Å². The minimum atomic E-state index is -6.05. The molecule has 158 valence electrons. The van der Waals surface area contributed by atoms with Gasteiger partial charge in [0.15, 0.2) is 0 Å². The van der Waals surface area contributed by atoms with Crippen molar-refractivity contribution in [1.29, 1.82) is 0 Å². The minimum absolute atomic E-state index is 0.336. The van der Waals surface area contributed by atoms with Crippen LogP contribution < -0.4 is 0 Å². The molecule has 0 aromatic carbocycles. The highest BCUT2D eigenvalue weighted by Gasteiger charge is 2.78. The number of esters is 1. The molecule has 2 rings (SSSR count). The van der Waals surface area contributed by atoms with Gasteiger partial charge in [-0.2, -0.15) is 26.3 Å². The molecule has 1 aliphatic carbocycles. The van der Waals surface area contributed by atoms with Crippen molar-refractivity contribution in [3.05, 3.63) is 24.8 Å². The standard InChI is InChI=1S/C17H19F6NO4/c1-3-14(7-5-4-6-8-14)28-12(25)9-24-13(26)11(2)10-27-15(24,16(18,19)20)17(21,22)23/h3H,1-2,4-10H2. The van der Waals surface area contributed by atoms with Gasteiger partial charge in [0, 0.05) is 5.57 Å². The first kappa shape index (κ1) is 22.3. The first-order chi connectivity index (χ1) is 12.8. The number of hydrogen-bond donors (Lipinski definition) is 0. The maximum Gasteiger partial charge on any atom is 0.446 e. The fraction of sp³-hybridized carbons (Fsp3) is 0.647. The molecule has 5 nitrogen and oxygen atoms in total. The second-order valence-electron chi connectivity index (χ2n) is 6.73. The van der Waals surface area contributed by atoms with Gasteiger partial charge in [0.25, 0.3) is 5.91 Å². The van der Waals surface area contributed by atoms with Crippen molar-refractivity contribution in [2.75, 3.05) is 13.2 Å². The van der Waals surface area contributed by atoms with Crippen LogP contribution in [0.15, 0.2) is 24.8 Å². The zero-order chi connectivity index (χ0) is 21.4. The van der Waals surface area contributed by atoms with Crippen LogP contribution in [-0.2, 0) is 19.1 Å². The first-order valence-corrected chi connectivity index (χ1v) is 8.42. The normalized spacial score (nSPS) is 22.7. The first-order valence-electron chi connectivity index (χ1n) is 8.42. The second-order valence-corrected chi connectivity index (χ2v) is 6.73. The third-order valence-electron chi connectivity index (χ3n) is 4.83. The summed E-state index contributed by atoms with van der Waals surface area (Å²) in [5, 5.41) is 0. The van der Waals surface area contributed by atoms with E-state index in [1.54, 1.807) is 0 Å². The van der Waals surface area contributed by atoms with E-state index in [9.17, 15) is 35.9 Å². The molecule has 1 aliphatic heterocycles. The Kier molecular flexibility index (Phi) is 5.89. The van der Waals surface area contributed by atoms with E-state index in [0.29, 0.717) is 25.7 Å². The number of amides is 1. The summed E-state index contributed by atoms with van der Waals surface area (Å²) in [6.07, 6.45) is -7.99. The molecule has 0 aromatic heterocycles. The molecule has 0 atom stereocenters. The number of nitrogens with zero attached hydrogens (tertiary/aromatic N) is 1. The third kappa shape index (κ3) is 3.76. The summed E-state index contributed by atoms with van der Waals surface area (Å²) >= 11 is 0. The van der Waals surface area contributed by atoms with Crippen LogP contribution in [0.3, 0.4) is 0 Å². The summed E-state index contributed by atoms with van der Waals surface area (Å²) in [5.41, 5.74) is -6.80. The van der Waals surface area contributed by atoms with Crippen molar-refractivity contribution < 1.29 is 45.4 Å². The van der Waals surface area contributed by atoms with Gasteiger partial charge in [-0.15, -0.1) is 0 Å². The molecule has 2 aliphatic rings. The number of alkyl halides is 6. The molecule has 28 heavy (non-hydrogen) atoms. The maximum absolute atomic E-state index is 13.5. The topological polar surface area (TPSA) is 55.8 Å². The summed E-state index contributed by atoms with van der Waals surface area (Å²) < 4.78 is 90.0. The molecule has 0 N–H and O–H groups in total. The molecule has 0 aromatic rings. The molecule has 1 saturated carbocycles.